The van der Waals surface area contributed by atoms with Gasteiger partial charge in [0.05, 0.1) is 6.07 Å². The largest absolute Gasteiger partial charge is 0.347 e. The summed E-state index contributed by atoms with van der Waals surface area (Å²) in [7, 11) is 0. The first-order valence-corrected chi connectivity index (χ1v) is 7.68. The van der Waals surface area contributed by atoms with Crippen molar-refractivity contribution >= 4 is 22.5 Å². The van der Waals surface area contributed by atoms with Gasteiger partial charge in [-0.05, 0) is 44.9 Å². The van der Waals surface area contributed by atoms with Crippen molar-refractivity contribution < 1.29 is 0 Å². The number of nitrogens with one attached hydrogen (secondary N) is 1. The van der Waals surface area contributed by atoms with Gasteiger partial charge >= 0.3 is 0 Å². The molecule has 0 bridgehead atoms. The van der Waals surface area contributed by atoms with E-state index in [1.807, 2.05) is 12.1 Å². The lowest BCUT2D eigenvalue weighted by molar-refractivity contribution is 0.425. The van der Waals surface area contributed by atoms with Crippen molar-refractivity contribution in [3.8, 4) is 6.07 Å². The summed E-state index contributed by atoms with van der Waals surface area (Å²) in [6, 6.07) is 8.22. The number of rotatable bonds is 5. The molecule has 0 saturated carbocycles. The van der Waals surface area contributed by atoms with E-state index in [0.717, 1.165) is 30.0 Å². The van der Waals surface area contributed by atoms with Crippen LogP contribution in [0.15, 0.2) is 24.4 Å². The number of aromatic nitrogens is 1. The molecule has 112 valence electrons. The molecule has 4 heteroatoms. The molecule has 1 heterocycles. The third kappa shape index (κ3) is 4.23. The molecule has 0 atom stereocenters. The molecule has 0 amide bonds. The van der Waals surface area contributed by atoms with Crippen molar-refractivity contribution in [2.24, 2.45) is 0 Å². The molecule has 0 fully saturated rings. The smallest absolute Gasteiger partial charge is 0.0622 e. The van der Waals surface area contributed by atoms with E-state index in [4.69, 9.17) is 16.9 Å². The molecule has 0 aliphatic heterocycles. The minimum atomic E-state index is 0.0850. The maximum Gasteiger partial charge on any atom is 0.0622 e. The molecule has 0 saturated heterocycles. The maximum atomic E-state index is 8.69. The molecule has 3 nitrogen and oxygen atoms in total. The van der Waals surface area contributed by atoms with E-state index in [0.29, 0.717) is 6.42 Å². The highest BCUT2D eigenvalue weighted by Gasteiger charge is 2.13. The topological polar surface area (TPSA) is 40.8 Å². The van der Waals surface area contributed by atoms with Crippen LogP contribution in [0.4, 0.5) is 0 Å². The summed E-state index contributed by atoms with van der Waals surface area (Å²) in [6.07, 6.45) is 3.62. The number of fused-ring (bicyclic) bond motifs is 1. The Hall–Kier alpha value is -1.50. The van der Waals surface area contributed by atoms with Crippen LogP contribution < -0.4 is 5.32 Å². The molecule has 0 radical (unpaired) electrons. The summed E-state index contributed by atoms with van der Waals surface area (Å²) >= 11 is 6.13. The summed E-state index contributed by atoms with van der Waals surface area (Å²) in [4.78, 5) is 0. The molecule has 0 spiro atoms. The van der Waals surface area contributed by atoms with Gasteiger partial charge in [-0.2, -0.15) is 5.26 Å². The zero-order chi connectivity index (χ0) is 15.5. The van der Waals surface area contributed by atoms with Crippen LogP contribution in [0, 0.1) is 11.3 Å². The summed E-state index contributed by atoms with van der Waals surface area (Å²) < 4.78 is 2.21. The van der Waals surface area contributed by atoms with E-state index in [2.05, 4.69) is 49.0 Å². The highest BCUT2D eigenvalue weighted by molar-refractivity contribution is 6.31. The Bertz CT molecular complexity index is 659. The Kier molecular flexibility index (Phi) is 4.92. The van der Waals surface area contributed by atoms with Crippen LogP contribution in [-0.2, 0) is 13.1 Å². The summed E-state index contributed by atoms with van der Waals surface area (Å²) in [5.74, 6) is 0. The number of unbranched alkanes of at least 4 members (excludes halogenated alkanes) is 1. The fraction of sp³-hybridized carbons (Fsp3) is 0.471. The lowest BCUT2D eigenvalue weighted by atomic mass is 10.1. The van der Waals surface area contributed by atoms with E-state index in [1.165, 1.54) is 10.9 Å². The molecule has 0 aliphatic rings. The predicted molar refractivity (Wildman–Crippen MR) is 88.4 cm³/mol. The number of nitriles is 1. The monoisotopic (exact) mass is 303 g/mol. The molecule has 2 rings (SSSR count). The minimum Gasteiger partial charge on any atom is -0.347 e. The molecule has 2 aromatic rings. The summed E-state index contributed by atoms with van der Waals surface area (Å²) in [6.45, 7) is 8.16. The number of hydrogen-bond donors (Lipinski definition) is 1. The minimum absolute atomic E-state index is 0.0850. The zero-order valence-electron chi connectivity index (χ0n) is 12.9. The van der Waals surface area contributed by atoms with E-state index in [-0.39, 0.29) is 5.54 Å². The molecule has 0 aliphatic carbocycles. The second-order valence-corrected chi connectivity index (χ2v) is 6.81. The quantitative estimate of drug-likeness (QED) is 0.827. The van der Waals surface area contributed by atoms with Crippen molar-refractivity contribution in [3.63, 3.8) is 0 Å². The van der Waals surface area contributed by atoms with Crippen LogP contribution in [0.1, 0.15) is 39.2 Å². The second-order valence-electron chi connectivity index (χ2n) is 6.37. The third-order valence-corrected chi connectivity index (χ3v) is 3.66. The molecular weight excluding hydrogens is 282 g/mol. The van der Waals surface area contributed by atoms with Gasteiger partial charge in [0.1, 0.15) is 0 Å². The molecular formula is C17H22ClN3. The Morgan fingerprint density at radius 2 is 2.10 bits per heavy atom. The first kappa shape index (κ1) is 15.9. The Morgan fingerprint density at radius 1 is 1.33 bits per heavy atom. The van der Waals surface area contributed by atoms with Crippen LogP contribution in [0.3, 0.4) is 0 Å². The first-order chi connectivity index (χ1) is 9.90. The highest BCUT2D eigenvalue weighted by atomic mass is 35.5. The van der Waals surface area contributed by atoms with Gasteiger partial charge in [0.15, 0.2) is 0 Å². The average Bonchev–Trinajstić information content (AvgIpc) is 2.74. The van der Waals surface area contributed by atoms with E-state index >= 15 is 0 Å². The lowest BCUT2D eigenvalue weighted by Crippen LogP contribution is -2.34. The van der Waals surface area contributed by atoms with E-state index in [1.54, 1.807) is 0 Å². The molecule has 0 unspecified atom stereocenters. The number of aryl methyl sites for hydroxylation is 1. The SMILES string of the molecule is CC(C)(C)NCc1cn(CCCC#N)c2cc(Cl)ccc12. The Morgan fingerprint density at radius 3 is 2.76 bits per heavy atom. The fourth-order valence-corrected chi connectivity index (χ4v) is 2.52. The van der Waals surface area contributed by atoms with E-state index < -0.39 is 0 Å². The highest BCUT2D eigenvalue weighted by Crippen LogP contribution is 2.25. The zero-order valence-corrected chi connectivity index (χ0v) is 13.7. The number of benzene rings is 1. The normalized spacial score (nSPS) is 11.8. The number of halogens is 1. The van der Waals surface area contributed by atoms with Crippen LogP contribution in [0.25, 0.3) is 10.9 Å². The van der Waals surface area contributed by atoms with Gasteiger partial charge in [-0.1, -0.05) is 17.7 Å². The van der Waals surface area contributed by atoms with Crippen LogP contribution in [0.5, 0.6) is 0 Å². The van der Waals surface area contributed by atoms with Crippen LogP contribution in [0.2, 0.25) is 5.02 Å². The first-order valence-electron chi connectivity index (χ1n) is 7.30. The van der Waals surface area contributed by atoms with Crippen molar-refractivity contribution in [2.45, 2.75) is 52.2 Å². The Balaban J connectivity index is 2.30. The van der Waals surface area contributed by atoms with Crippen molar-refractivity contribution in [3.05, 3.63) is 35.0 Å². The fourth-order valence-electron chi connectivity index (χ4n) is 2.36. The molecule has 1 aromatic carbocycles. The van der Waals surface area contributed by atoms with Gasteiger partial charge in [-0.3, -0.25) is 0 Å². The lowest BCUT2D eigenvalue weighted by Gasteiger charge is -2.20. The third-order valence-electron chi connectivity index (χ3n) is 3.42. The van der Waals surface area contributed by atoms with Crippen molar-refractivity contribution in [1.82, 2.24) is 9.88 Å². The number of hydrogen-bond acceptors (Lipinski definition) is 2. The van der Waals surface area contributed by atoms with Crippen LogP contribution in [-0.4, -0.2) is 10.1 Å². The van der Waals surface area contributed by atoms with Crippen LogP contribution >= 0.6 is 11.6 Å². The van der Waals surface area contributed by atoms with Crippen molar-refractivity contribution in [2.75, 3.05) is 0 Å². The number of nitrogens with zero attached hydrogens (tertiary/aromatic N) is 2. The average molecular weight is 304 g/mol. The summed E-state index contributed by atoms with van der Waals surface area (Å²) in [5, 5.41) is 14.2. The van der Waals surface area contributed by atoms with Crippen molar-refractivity contribution in [1.29, 1.82) is 5.26 Å². The molecule has 1 aromatic heterocycles. The van der Waals surface area contributed by atoms with Gasteiger partial charge in [0.25, 0.3) is 0 Å². The maximum absolute atomic E-state index is 8.69. The molecule has 1 N–H and O–H groups in total. The van der Waals surface area contributed by atoms with Gasteiger partial charge < -0.3 is 9.88 Å². The van der Waals surface area contributed by atoms with Gasteiger partial charge in [0, 0.05) is 47.2 Å². The predicted octanol–water partition coefficient (Wildman–Crippen LogP) is 4.49. The van der Waals surface area contributed by atoms with Gasteiger partial charge in [-0.15, -0.1) is 0 Å². The standard InChI is InChI=1S/C17H22ClN3/c1-17(2,3)20-11-13-12-21(9-5-4-8-19)16-10-14(18)6-7-15(13)16/h6-7,10,12,20H,4-5,9,11H2,1-3H3. The van der Waals surface area contributed by atoms with E-state index in [9.17, 15) is 0 Å². The van der Waals surface area contributed by atoms with Gasteiger partial charge in [0.2, 0.25) is 0 Å². The summed E-state index contributed by atoms with van der Waals surface area (Å²) in [5.41, 5.74) is 2.50. The van der Waals surface area contributed by atoms with Gasteiger partial charge in [-0.25, -0.2) is 0 Å². The second kappa shape index (κ2) is 6.51. The Labute approximate surface area is 131 Å². The molecule has 21 heavy (non-hydrogen) atoms.